The average molecular weight is 259 g/mol. The molecule has 0 radical (unpaired) electrons. The van der Waals surface area contributed by atoms with Crippen LogP contribution in [0.25, 0.3) is 5.69 Å². The van der Waals surface area contributed by atoms with Gasteiger partial charge in [-0.1, -0.05) is 6.92 Å². The van der Waals surface area contributed by atoms with E-state index >= 15 is 0 Å². The number of anilines is 1. The quantitative estimate of drug-likeness (QED) is 0.863. The summed E-state index contributed by atoms with van der Waals surface area (Å²) in [6.07, 6.45) is 3.22. The number of nitrogens with zero attached hydrogens (tertiary/aromatic N) is 3. The SMILES string of the molecule is CC(N)C(C)C(=O)Nc1ccc(-n2nccn2)cc1. The monoisotopic (exact) mass is 259 g/mol. The molecule has 0 fully saturated rings. The highest BCUT2D eigenvalue weighted by Crippen LogP contribution is 2.13. The van der Waals surface area contributed by atoms with Crippen LogP contribution in [-0.2, 0) is 4.79 Å². The fourth-order valence-electron chi connectivity index (χ4n) is 1.52. The average Bonchev–Trinajstić information content (AvgIpc) is 2.92. The molecular formula is C13H17N5O. The molecule has 2 rings (SSSR count). The van der Waals surface area contributed by atoms with Crippen molar-refractivity contribution in [3.05, 3.63) is 36.7 Å². The summed E-state index contributed by atoms with van der Waals surface area (Å²) in [5, 5.41) is 10.9. The molecule has 0 saturated heterocycles. The highest BCUT2D eigenvalue weighted by atomic mass is 16.1. The first kappa shape index (κ1) is 13.2. The number of hydrogen-bond acceptors (Lipinski definition) is 4. The van der Waals surface area contributed by atoms with Gasteiger partial charge in [-0.25, -0.2) is 0 Å². The van der Waals surface area contributed by atoms with Crippen LogP contribution in [0.15, 0.2) is 36.7 Å². The minimum Gasteiger partial charge on any atom is -0.327 e. The van der Waals surface area contributed by atoms with E-state index in [-0.39, 0.29) is 17.9 Å². The molecule has 2 atom stereocenters. The molecule has 1 heterocycles. The topological polar surface area (TPSA) is 85.8 Å². The van der Waals surface area contributed by atoms with Crippen molar-refractivity contribution in [2.24, 2.45) is 11.7 Å². The van der Waals surface area contributed by atoms with E-state index in [4.69, 9.17) is 5.73 Å². The Morgan fingerprint density at radius 3 is 2.32 bits per heavy atom. The van der Waals surface area contributed by atoms with Gasteiger partial charge in [-0.2, -0.15) is 15.0 Å². The number of carbonyl (C=O) groups is 1. The zero-order valence-electron chi connectivity index (χ0n) is 10.9. The van der Waals surface area contributed by atoms with Gasteiger partial charge in [-0.05, 0) is 31.2 Å². The number of nitrogens with one attached hydrogen (secondary N) is 1. The Hall–Kier alpha value is -2.21. The summed E-state index contributed by atoms with van der Waals surface area (Å²) in [6, 6.07) is 7.13. The zero-order valence-corrected chi connectivity index (χ0v) is 10.9. The number of nitrogens with two attached hydrogens (primary N) is 1. The van der Waals surface area contributed by atoms with E-state index in [1.165, 1.54) is 4.80 Å². The lowest BCUT2D eigenvalue weighted by atomic mass is 10.0. The summed E-state index contributed by atoms with van der Waals surface area (Å²) in [6.45, 7) is 3.62. The molecule has 1 amide bonds. The Kier molecular flexibility index (Phi) is 3.91. The fourth-order valence-corrected chi connectivity index (χ4v) is 1.52. The molecule has 0 spiro atoms. The molecule has 6 heteroatoms. The predicted octanol–water partition coefficient (Wildman–Crippen LogP) is 1.19. The van der Waals surface area contributed by atoms with Crippen LogP contribution in [0.1, 0.15) is 13.8 Å². The molecule has 0 aliphatic carbocycles. The maximum absolute atomic E-state index is 11.8. The van der Waals surface area contributed by atoms with Gasteiger partial charge in [0.25, 0.3) is 0 Å². The molecule has 1 aromatic heterocycles. The standard InChI is InChI=1S/C13H17N5O/c1-9(10(2)14)13(19)17-11-3-5-12(6-4-11)18-15-7-8-16-18/h3-10H,14H2,1-2H3,(H,17,19). The largest absolute Gasteiger partial charge is 0.327 e. The molecular weight excluding hydrogens is 242 g/mol. The summed E-state index contributed by atoms with van der Waals surface area (Å²) >= 11 is 0. The third-order valence-electron chi connectivity index (χ3n) is 2.99. The van der Waals surface area contributed by atoms with Gasteiger partial charge < -0.3 is 11.1 Å². The van der Waals surface area contributed by atoms with Gasteiger partial charge in [-0.3, -0.25) is 4.79 Å². The predicted molar refractivity (Wildman–Crippen MR) is 72.8 cm³/mol. The summed E-state index contributed by atoms with van der Waals surface area (Å²) < 4.78 is 0. The van der Waals surface area contributed by atoms with E-state index in [0.717, 1.165) is 11.4 Å². The Morgan fingerprint density at radius 2 is 1.79 bits per heavy atom. The highest BCUT2D eigenvalue weighted by Gasteiger charge is 2.16. The number of carbonyl (C=O) groups excluding carboxylic acids is 1. The van der Waals surface area contributed by atoms with Crippen LogP contribution in [0.4, 0.5) is 5.69 Å². The van der Waals surface area contributed by atoms with Gasteiger partial charge in [0.15, 0.2) is 0 Å². The Balaban J connectivity index is 2.05. The first-order valence-electron chi connectivity index (χ1n) is 6.11. The first-order valence-corrected chi connectivity index (χ1v) is 6.11. The molecule has 19 heavy (non-hydrogen) atoms. The molecule has 1 aromatic carbocycles. The van der Waals surface area contributed by atoms with Gasteiger partial charge >= 0.3 is 0 Å². The van der Waals surface area contributed by atoms with Crippen molar-refractivity contribution in [2.45, 2.75) is 19.9 Å². The van der Waals surface area contributed by atoms with Crippen molar-refractivity contribution in [3.8, 4) is 5.69 Å². The van der Waals surface area contributed by atoms with Gasteiger partial charge in [0.1, 0.15) is 0 Å². The summed E-state index contributed by atoms with van der Waals surface area (Å²) in [5.74, 6) is -0.313. The Morgan fingerprint density at radius 1 is 1.21 bits per heavy atom. The molecule has 2 aromatic rings. The highest BCUT2D eigenvalue weighted by molar-refractivity contribution is 5.92. The first-order chi connectivity index (χ1) is 9.08. The molecule has 0 bridgehead atoms. The maximum Gasteiger partial charge on any atom is 0.228 e. The van der Waals surface area contributed by atoms with Crippen LogP contribution in [0.3, 0.4) is 0 Å². The maximum atomic E-state index is 11.8. The van der Waals surface area contributed by atoms with Crippen molar-refractivity contribution in [2.75, 3.05) is 5.32 Å². The van der Waals surface area contributed by atoms with Crippen LogP contribution in [0.5, 0.6) is 0 Å². The summed E-state index contributed by atoms with van der Waals surface area (Å²) in [7, 11) is 0. The molecule has 100 valence electrons. The molecule has 0 aliphatic rings. The van der Waals surface area contributed by atoms with E-state index in [9.17, 15) is 4.79 Å². The second-order valence-corrected chi connectivity index (χ2v) is 4.50. The van der Waals surface area contributed by atoms with Crippen LogP contribution in [0, 0.1) is 5.92 Å². The second-order valence-electron chi connectivity index (χ2n) is 4.50. The van der Waals surface area contributed by atoms with Crippen LogP contribution < -0.4 is 11.1 Å². The van der Waals surface area contributed by atoms with Crippen molar-refractivity contribution < 1.29 is 4.79 Å². The fraction of sp³-hybridized carbons (Fsp3) is 0.308. The van der Waals surface area contributed by atoms with E-state index < -0.39 is 0 Å². The Labute approximate surface area is 111 Å². The van der Waals surface area contributed by atoms with Crippen molar-refractivity contribution in [1.82, 2.24) is 15.0 Å². The molecule has 3 N–H and O–H groups in total. The lowest BCUT2D eigenvalue weighted by Gasteiger charge is -2.15. The minimum absolute atomic E-state index is 0.0834. The van der Waals surface area contributed by atoms with Gasteiger partial charge in [0, 0.05) is 11.7 Å². The van der Waals surface area contributed by atoms with Crippen molar-refractivity contribution in [3.63, 3.8) is 0 Å². The lowest BCUT2D eigenvalue weighted by Crippen LogP contribution is -2.34. The summed E-state index contributed by atoms with van der Waals surface area (Å²) in [5.41, 5.74) is 7.26. The van der Waals surface area contributed by atoms with E-state index in [2.05, 4.69) is 15.5 Å². The van der Waals surface area contributed by atoms with Crippen LogP contribution in [0.2, 0.25) is 0 Å². The lowest BCUT2D eigenvalue weighted by molar-refractivity contribution is -0.119. The molecule has 0 saturated carbocycles. The third-order valence-corrected chi connectivity index (χ3v) is 2.99. The van der Waals surface area contributed by atoms with E-state index in [1.54, 1.807) is 12.4 Å². The molecule has 6 nitrogen and oxygen atoms in total. The van der Waals surface area contributed by atoms with E-state index in [1.807, 2.05) is 38.1 Å². The number of aromatic nitrogens is 3. The molecule has 0 aliphatic heterocycles. The van der Waals surface area contributed by atoms with Crippen LogP contribution in [-0.4, -0.2) is 26.9 Å². The van der Waals surface area contributed by atoms with E-state index in [0.29, 0.717) is 0 Å². The van der Waals surface area contributed by atoms with Crippen LogP contribution >= 0.6 is 0 Å². The van der Waals surface area contributed by atoms with Crippen molar-refractivity contribution in [1.29, 1.82) is 0 Å². The Bertz CT molecular complexity index is 533. The third kappa shape index (κ3) is 3.17. The number of rotatable bonds is 4. The summed E-state index contributed by atoms with van der Waals surface area (Å²) in [4.78, 5) is 13.4. The number of hydrogen-bond donors (Lipinski definition) is 2. The number of benzene rings is 1. The zero-order chi connectivity index (χ0) is 13.8. The minimum atomic E-state index is -0.229. The molecule has 2 unspecified atom stereocenters. The van der Waals surface area contributed by atoms with Crippen molar-refractivity contribution >= 4 is 11.6 Å². The van der Waals surface area contributed by atoms with Gasteiger partial charge in [0.2, 0.25) is 5.91 Å². The number of amides is 1. The van der Waals surface area contributed by atoms with Gasteiger partial charge in [0.05, 0.1) is 24.0 Å². The second kappa shape index (κ2) is 5.62. The van der Waals surface area contributed by atoms with Gasteiger partial charge in [-0.15, -0.1) is 0 Å². The smallest absolute Gasteiger partial charge is 0.228 e. The normalized spacial score (nSPS) is 13.8.